The molecular weight excluding hydrogens is 410 g/mol. The van der Waals surface area contributed by atoms with E-state index in [2.05, 4.69) is 102 Å². The molecule has 0 fully saturated rings. The monoisotopic (exact) mass is 429 g/mol. The van der Waals surface area contributed by atoms with Crippen LogP contribution in [0.2, 0.25) is 5.02 Å². The van der Waals surface area contributed by atoms with Gasteiger partial charge in [-0.3, -0.25) is 4.98 Å². The van der Waals surface area contributed by atoms with E-state index >= 15 is 0 Å². The Morgan fingerprint density at radius 1 is 0.562 bits per heavy atom. The molecule has 0 amide bonds. The maximum atomic E-state index is 6.94. The van der Waals surface area contributed by atoms with Gasteiger partial charge < -0.3 is 0 Å². The molecular formula is C30H20ClN. The minimum absolute atomic E-state index is 0.448. The quantitative estimate of drug-likeness (QED) is 0.280. The van der Waals surface area contributed by atoms with Crippen molar-refractivity contribution in [1.29, 1.82) is 0 Å². The van der Waals surface area contributed by atoms with Crippen molar-refractivity contribution in [1.82, 2.24) is 4.98 Å². The van der Waals surface area contributed by atoms with E-state index in [-0.39, 0.29) is 0 Å². The Morgan fingerprint density at radius 2 is 1.19 bits per heavy atom. The van der Waals surface area contributed by atoms with Crippen LogP contribution in [0.25, 0.3) is 22.3 Å². The van der Waals surface area contributed by atoms with Gasteiger partial charge in [0.05, 0.1) is 5.41 Å². The predicted octanol–water partition coefficient (Wildman–Crippen LogP) is 7.77. The molecule has 1 aromatic heterocycles. The number of nitrogens with zero attached hydrogens (tertiary/aromatic N) is 1. The average molecular weight is 430 g/mol. The molecule has 1 aliphatic carbocycles. The van der Waals surface area contributed by atoms with Gasteiger partial charge in [-0.1, -0.05) is 109 Å². The van der Waals surface area contributed by atoms with Crippen molar-refractivity contribution in [3.63, 3.8) is 0 Å². The normalized spacial score (nSPS) is 13.4. The fourth-order valence-corrected chi connectivity index (χ4v) is 5.57. The lowest BCUT2D eigenvalue weighted by Gasteiger charge is -2.34. The third-order valence-electron chi connectivity index (χ3n) is 6.52. The maximum Gasteiger partial charge on any atom is 0.0714 e. The van der Waals surface area contributed by atoms with E-state index in [1.807, 2.05) is 24.5 Å². The molecule has 6 rings (SSSR count). The lowest BCUT2D eigenvalue weighted by atomic mass is 9.67. The summed E-state index contributed by atoms with van der Waals surface area (Å²) < 4.78 is 0. The molecule has 5 aromatic rings. The lowest BCUT2D eigenvalue weighted by Crippen LogP contribution is -2.28. The molecule has 0 saturated carbocycles. The first kappa shape index (κ1) is 19.0. The first-order valence-corrected chi connectivity index (χ1v) is 11.1. The summed E-state index contributed by atoms with van der Waals surface area (Å²) in [5.41, 5.74) is 9.02. The first-order chi connectivity index (χ1) is 15.8. The molecule has 2 heteroatoms. The predicted molar refractivity (Wildman–Crippen MR) is 132 cm³/mol. The second-order valence-electron chi connectivity index (χ2n) is 8.11. The summed E-state index contributed by atoms with van der Waals surface area (Å²) in [6, 6.07) is 38.5. The van der Waals surface area contributed by atoms with E-state index in [9.17, 15) is 0 Å². The van der Waals surface area contributed by atoms with Crippen LogP contribution >= 0.6 is 11.6 Å². The highest BCUT2D eigenvalue weighted by molar-refractivity contribution is 6.34. The zero-order valence-electron chi connectivity index (χ0n) is 17.4. The highest BCUT2D eigenvalue weighted by Gasteiger charge is 2.47. The molecule has 1 heterocycles. The first-order valence-electron chi connectivity index (χ1n) is 10.8. The summed E-state index contributed by atoms with van der Waals surface area (Å²) in [4.78, 5) is 4.38. The molecule has 0 unspecified atom stereocenters. The highest BCUT2D eigenvalue weighted by atomic mass is 35.5. The molecule has 0 saturated heterocycles. The van der Waals surface area contributed by atoms with Crippen LogP contribution in [0, 0.1) is 0 Å². The fraction of sp³-hybridized carbons (Fsp3) is 0.0333. The van der Waals surface area contributed by atoms with Crippen LogP contribution in [0.3, 0.4) is 0 Å². The molecule has 0 N–H and O–H groups in total. The Morgan fingerprint density at radius 3 is 1.81 bits per heavy atom. The Balaban J connectivity index is 1.82. The van der Waals surface area contributed by atoms with Crippen LogP contribution in [0.5, 0.6) is 0 Å². The number of aromatic nitrogens is 1. The van der Waals surface area contributed by atoms with Gasteiger partial charge in [-0.05, 0) is 45.5 Å². The van der Waals surface area contributed by atoms with Gasteiger partial charge in [0, 0.05) is 28.5 Å². The van der Waals surface area contributed by atoms with Crippen molar-refractivity contribution in [2.24, 2.45) is 0 Å². The molecule has 4 aromatic carbocycles. The Labute approximate surface area is 193 Å². The standard InChI is InChI=1S/C30H20ClN/c31-27-18-8-17-26-29(27)28-24(21-10-9-19-32-20-21)15-7-16-25(28)30(26,22-11-3-1-4-12-22)23-13-5-2-6-14-23/h1-20H. The van der Waals surface area contributed by atoms with E-state index in [1.54, 1.807) is 0 Å². The molecule has 32 heavy (non-hydrogen) atoms. The van der Waals surface area contributed by atoms with E-state index in [0.29, 0.717) is 0 Å². The zero-order valence-corrected chi connectivity index (χ0v) is 18.1. The number of fused-ring (bicyclic) bond motifs is 3. The van der Waals surface area contributed by atoms with Crippen LogP contribution < -0.4 is 0 Å². The molecule has 152 valence electrons. The van der Waals surface area contributed by atoms with Gasteiger partial charge in [-0.25, -0.2) is 0 Å². The number of pyridine rings is 1. The maximum absolute atomic E-state index is 6.94. The van der Waals surface area contributed by atoms with Gasteiger partial charge in [-0.2, -0.15) is 0 Å². The molecule has 0 radical (unpaired) electrons. The van der Waals surface area contributed by atoms with Crippen LogP contribution in [-0.4, -0.2) is 4.98 Å². The number of rotatable bonds is 3. The minimum atomic E-state index is -0.448. The third-order valence-corrected chi connectivity index (χ3v) is 6.84. The molecule has 0 atom stereocenters. The van der Waals surface area contributed by atoms with Gasteiger partial charge in [0.15, 0.2) is 0 Å². The molecule has 0 spiro atoms. The van der Waals surface area contributed by atoms with Crippen molar-refractivity contribution in [3.8, 4) is 22.3 Å². The Kier molecular flexibility index (Phi) is 4.45. The van der Waals surface area contributed by atoms with Crippen LogP contribution in [0.4, 0.5) is 0 Å². The average Bonchev–Trinajstić information content (AvgIpc) is 3.18. The summed E-state index contributed by atoms with van der Waals surface area (Å²) in [5.74, 6) is 0. The molecule has 1 nitrogen and oxygen atoms in total. The van der Waals surface area contributed by atoms with Gasteiger partial charge in [0.2, 0.25) is 0 Å². The van der Waals surface area contributed by atoms with Crippen LogP contribution in [-0.2, 0) is 5.41 Å². The highest BCUT2D eigenvalue weighted by Crippen LogP contribution is 2.59. The van der Waals surface area contributed by atoms with Crippen LogP contribution in [0.1, 0.15) is 22.3 Å². The molecule has 0 aliphatic heterocycles. The van der Waals surface area contributed by atoms with Crippen molar-refractivity contribution < 1.29 is 0 Å². The van der Waals surface area contributed by atoms with Gasteiger partial charge >= 0.3 is 0 Å². The number of hydrogen-bond donors (Lipinski definition) is 0. The van der Waals surface area contributed by atoms with E-state index in [1.165, 1.54) is 27.8 Å². The largest absolute Gasteiger partial charge is 0.264 e. The Bertz CT molecular complexity index is 1370. The van der Waals surface area contributed by atoms with E-state index < -0.39 is 5.41 Å². The summed E-state index contributed by atoms with van der Waals surface area (Å²) in [5, 5.41) is 0.772. The SMILES string of the molecule is Clc1cccc2c1-c1c(-c3cccnc3)cccc1C2(c1ccccc1)c1ccccc1. The topological polar surface area (TPSA) is 12.9 Å². The number of hydrogen-bond acceptors (Lipinski definition) is 1. The van der Waals surface area contributed by atoms with Gasteiger partial charge in [-0.15, -0.1) is 0 Å². The van der Waals surface area contributed by atoms with Crippen molar-refractivity contribution in [3.05, 3.63) is 149 Å². The molecule has 0 bridgehead atoms. The van der Waals surface area contributed by atoms with Crippen LogP contribution in [0.15, 0.2) is 122 Å². The number of halogens is 1. The summed E-state index contributed by atoms with van der Waals surface area (Å²) >= 11 is 6.94. The lowest BCUT2D eigenvalue weighted by molar-refractivity contribution is 0.768. The van der Waals surface area contributed by atoms with E-state index in [0.717, 1.165) is 21.7 Å². The van der Waals surface area contributed by atoms with E-state index in [4.69, 9.17) is 11.6 Å². The van der Waals surface area contributed by atoms with Gasteiger partial charge in [0.25, 0.3) is 0 Å². The van der Waals surface area contributed by atoms with Gasteiger partial charge in [0.1, 0.15) is 0 Å². The third kappa shape index (κ3) is 2.62. The van der Waals surface area contributed by atoms with Crippen molar-refractivity contribution in [2.45, 2.75) is 5.41 Å². The van der Waals surface area contributed by atoms with Crippen molar-refractivity contribution >= 4 is 11.6 Å². The molecule has 1 aliphatic rings. The second kappa shape index (κ2) is 7.47. The summed E-state index contributed by atoms with van der Waals surface area (Å²) in [6.07, 6.45) is 3.74. The minimum Gasteiger partial charge on any atom is -0.264 e. The zero-order chi connectivity index (χ0) is 21.5. The summed E-state index contributed by atoms with van der Waals surface area (Å²) in [7, 11) is 0. The smallest absolute Gasteiger partial charge is 0.0714 e. The summed E-state index contributed by atoms with van der Waals surface area (Å²) in [6.45, 7) is 0. The second-order valence-corrected chi connectivity index (χ2v) is 8.52. The van der Waals surface area contributed by atoms with Crippen molar-refractivity contribution in [2.75, 3.05) is 0 Å². The fourth-order valence-electron chi connectivity index (χ4n) is 5.30. The Hall–Kier alpha value is -3.68. The number of benzene rings is 4.